The summed E-state index contributed by atoms with van der Waals surface area (Å²) >= 11 is 0. The van der Waals surface area contributed by atoms with Gasteiger partial charge in [0.2, 0.25) is 11.8 Å². The Morgan fingerprint density at radius 1 is 1.15 bits per heavy atom. The van der Waals surface area contributed by atoms with Crippen molar-refractivity contribution < 1.29 is 19.9 Å². The standard InChI is InChI=1S/C16H26N6O4/c17-15(25)13(8-10-3-5-12(23)6-4-10)21-14(24)9-11(22-26)2-1-7-20-16(18)19/h3-6,11,13,22-23,26H,1-2,7-9H2,(H2,17,25)(H,21,24)(H4,18,19,20)/t11-,13-/m0/s1. The third-order valence-corrected chi connectivity index (χ3v) is 3.67. The van der Waals surface area contributed by atoms with E-state index >= 15 is 0 Å². The fourth-order valence-electron chi connectivity index (χ4n) is 2.33. The third-order valence-electron chi connectivity index (χ3n) is 3.67. The number of nitrogens with two attached hydrogens (primary N) is 3. The summed E-state index contributed by atoms with van der Waals surface area (Å²) in [5.41, 5.74) is 18.6. The molecular formula is C16H26N6O4. The molecule has 10 nitrogen and oxygen atoms in total. The normalized spacial score (nSPS) is 12.8. The highest BCUT2D eigenvalue weighted by Crippen LogP contribution is 2.11. The van der Waals surface area contributed by atoms with E-state index in [1.54, 1.807) is 12.1 Å². The summed E-state index contributed by atoms with van der Waals surface area (Å²) in [6.07, 6.45) is 1.18. The minimum absolute atomic E-state index is 0.0187. The van der Waals surface area contributed by atoms with Gasteiger partial charge in [0, 0.05) is 25.4 Å². The lowest BCUT2D eigenvalue weighted by molar-refractivity contribution is -0.128. The first-order valence-electron chi connectivity index (χ1n) is 8.13. The summed E-state index contributed by atoms with van der Waals surface area (Å²) in [5, 5.41) is 21.0. The molecule has 0 bridgehead atoms. The molecule has 10 heteroatoms. The van der Waals surface area contributed by atoms with Gasteiger partial charge in [-0.2, -0.15) is 0 Å². The number of hydrogen-bond donors (Lipinski definition) is 7. The third kappa shape index (κ3) is 8.31. The summed E-state index contributed by atoms with van der Waals surface area (Å²) in [4.78, 5) is 27.5. The van der Waals surface area contributed by atoms with Gasteiger partial charge < -0.3 is 32.8 Å². The van der Waals surface area contributed by atoms with Crippen LogP contribution in [0, 0.1) is 0 Å². The lowest BCUT2D eigenvalue weighted by Gasteiger charge is -2.18. The lowest BCUT2D eigenvalue weighted by Crippen LogP contribution is -2.47. The quantitative estimate of drug-likeness (QED) is 0.109. The molecule has 0 aliphatic rings. The first kappa shape index (κ1) is 21.2. The molecule has 144 valence electrons. The highest BCUT2D eigenvalue weighted by molar-refractivity contribution is 5.87. The van der Waals surface area contributed by atoms with Crippen molar-refractivity contribution in [3.05, 3.63) is 29.8 Å². The number of rotatable bonds is 11. The van der Waals surface area contributed by atoms with Crippen molar-refractivity contribution in [2.45, 2.75) is 37.8 Å². The molecule has 0 saturated carbocycles. The number of benzene rings is 1. The van der Waals surface area contributed by atoms with Crippen molar-refractivity contribution in [2.24, 2.45) is 22.2 Å². The SMILES string of the molecule is NC(=O)[C@H](Cc1ccc(O)cc1)NC(=O)C[C@H](CCCN=C(N)N)NO. The fraction of sp³-hybridized carbons (Fsp3) is 0.438. The number of carbonyl (C=O) groups excluding carboxylic acids is 2. The van der Waals surface area contributed by atoms with Crippen LogP contribution in [-0.2, 0) is 16.0 Å². The number of hydroxylamine groups is 1. The maximum Gasteiger partial charge on any atom is 0.240 e. The molecule has 0 saturated heterocycles. The van der Waals surface area contributed by atoms with Gasteiger partial charge in [0.15, 0.2) is 5.96 Å². The molecule has 0 unspecified atom stereocenters. The Bertz CT molecular complexity index is 616. The Labute approximate surface area is 151 Å². The number of nitrogens with zero attached hydrogens (tertiary/aromatic N) is 1. The van der Waals surface area contributed by atoms with E-state index in [9.17, 15) is 14.7 Å². The molecule has 0 spiro atoms. The molecule has 1 rings (SSSR count). The molecule has 0 aliphatic carbocycles. The molecule has 1 aromatic carbocycles. The van der Waals surface area contributed by atoms with E-state index in [0.717, 1.165) is 5.56 Å². The number of guanidine groups is 1. The number of primary amides is 1. The summed E-state index contributed by atoms with van der Waals surface area (Å²) < 4.78 is 0. The van der Waals surface area contributed by atoms with Crippen LogP contribution in [0.1, 0.15) is 24.8 Å². The summed E-state index contributed by atoms with van der Waals surface area (Å²) in [5.74, 6) is -1.02. The van der Waals surface area contributed by atoms with E-state index in [2.05, 4.69) is 15.8 Å². The second kappa shape index (κ2) is 10.9. The van der Waals surface area contributed by atoms with Gasteiger partial charge in [-0.25, -0.2) is 5.48 Å². The maximum absolute atomic E-state index is 12.1. The number of hydrogen-bond acceptors (Lipinski definition) is 6. The molecule has 0 radical (unpaired) electrons. The Balaban J connectivity index is 2.53. The Morgan fingerprint density at radius 2 is 1.81 bits per heavy atom. The number of aliphatic imine (C=N–C) groups is 1. The van der Waals surface area contributed by atoms with E-state index in [1.807, 2.05) is 0 Å². The van der Waals surface area contributed by atoms with Gasteiger partial charge >= 0.3 is 0 Å². The molecule has 0 aromatic heterocycles. The largest absolute Gasteiger partial charge is 0.508 e. The van der Waals surface area contributed by atoms with Crippen LogP contribution < -0.4 is 28.0 Å². The van der Waals surface area contributed by atoms with Crippen LogP contribution in [0.5, 0.6) is 5.75 Å². The van der Waals surface area contributed by atoms with E-state index < -0.39 is 23.9 Å². The van der Waals surface area contributed by atoms with Crippen LogP contribution in [0.25, 0.3) is 0 Å². The first-order chi connectivity index (χ1) is 12.3. The van der Waals surface area contributed by atoms with Gasteiger partial charge in [-0.05, 0) is 30.5 Å². The second-order valence-corrected chi connectivity index (χ2v) is 5.87. The predicted octanol–water partition coefficient (Wildman–Crippen LogP) is -1.30. The van der Waals surface area contributed by atoms with Crippen molar-refractivity contribution in [3.8, 4) is 5.75 Å². The van der Waals surface area contributed by atoms with E-state index in [0.29, 0.717) is 19.4 Å². The van der Waals surface area contributed by atoms with Crippen LogP contribution in [0.4, 0.5) is 0 Å². The average Bonchev–Trinajstić information content (AvgIpc) is 2.58. The van der Waals surface area contributed by atoms with Gasteiger partial charge in [0.05, 0.1) is 0 Å². The van der Waals surface area contributed by atoms with Gasteiger partial charge in [-0.15, -0.1) is 0 Å². The Morgan fingerprint density at radius 3 is 2.35 bits per heavy atom. The van der Waals surface area contributed by atoms with Crippen molar-refractivity contribution in [3.63, 3.8) is 0 Å². The van der Waals surface area contributed by atoms with Gasteiger partial charge in [-0.3, -0.25) is 14.6 Å². The Kier molecular flexibility index (Phi) is 8.88. The number of phenols is 1. The van der Waals surface area contributed by atoms with Gasteiger partial charge in [-0.1, -0.05) is 12.1 Å². The molecule has 2 amide bonds. The number of phenolic OH excluding ortho intramolecular Hbond substituents is 1. The molecule has 10 N–H and O–H groups in total. The van der Waals surface area contributed by atoms with E-state index in [-0.39, 0.29) is 24.6 Å². The minimum Gasteiger partial charge on any atom is -0.508 e. The van der Waals surface area contributed by atoms with Crippen LogP contribution in [0.2, 0.25) is 0 Å². The average molecular weight is 366 g/mol. The number of carbonyl (C=O) groups is 2. The number of nitrogens with one attached hydrogen (secondary N) is 2. The van der Waals surface area contributed by atoms with E-state index in [1.165, 1.54) is 12.1 Å². The highest BCUT2D eigenvalue weighted by atomic mass is 16.5. The zero-order valence-electron chi connectivity index (χ0n) is 14.4. The maximum atomic E-state index is 12.1. The minimum atomic E-state index is -0.895. The molecular weight excluding hydrogens is 340 g/mol. The predicted molar refractivity (Wildman–Crippen MR) is 96.2 cm³/mol. The lowest BCUT2D eigenvalue weighted by atomic mass is 10.0. The topological polar surface area (TPSA) is 189 Å². The van der Waals surface area contributed by atoms with E-state index in [4.69, 9.17) is 22.4 Å². The Hall–Kier alpha value is -2.85. The number of aromatic hydroxyl groups is 1. The van der Waals surface area contributed by atoms with Gasteiger partial charge in [0.1, 0.15) is 11.8 Å². The monoisotopic (exact) mass is 366 g/mol. The van der Waals surface area contributed by atoms with Crippen molar-refractivity contribution >= 4 is 17.8 Å². The molecule has 1 aromatic rings. The van der Waals surface area contributed by atoms with Crippen molar-refractivity contribution in [2.75, 3.05) is 6.54 Å². The zero-order chi connectivity index (χ0) is 19.5. The summed E-state index contributed by atoms with van der Waals surface area (Å²) in [7, 11) is 0. The molecule has 2 atom stereocenters. The van der Waals surface area contributed by atoms with Crippen LogP contribution >= 0.6 is 0 Å². The first-order valence-corrected chi connectivity index (χ1v) is 8.13. The molecule has 0 heterocycles. The van der Waals surface area contributed by atoms with Crippen LogP contribution in [-0.4, -0.2) is 46.7 Å². The van der Waals surface area contributed by atoms with Gasteiger partial charge in [0.25, 0.3) is 0 Å². The fourth-order valence-corrected chi connectivity index (χ4v) is 2.33. The van der Waals surface area contributed by atoms with Crippen molar-refractivity contribution in [1.29, 1.82) is 0 Å². The molecule has 0 fully saturated rings. The summed E-state index contributed by atoms with van der Waals surface area (Å²) in [6.45, 7) is 0.382. The number of amides is 2. The highest BCUT2D eigenvalue weighted by Gasteiger charge is 2.21. The molecule has 0 aliphatic heterocycles. The summed E-state index contributed by atoms with van der Waals surface area (Å²) in [6, 6.07) is 4.84. The van der Waals surface area contributed by atoms with Crippen LogP contribution in [0.15, 0.2) is 29.3 Å². The van der Waals surface area contributed by atoms with Crippen molar-refractivity contribution in [1.82, 2.24) is 10.8 Å². The zero-order valence-corrected chi connectivity index (χ0v) is 14.4. The van der Waals surface area contributed by atoms with Crippen LogP contribution in [0.3, 0.4) is 0 Å². The second-order valence-electron chi connectivity index (χ2n) is 5.87. The smallest absolute Gasteiger partial charge is 0.240 e. The molecule has 26 heavy (non-hydrogen) atoms.